The Morgan fingerprint density at radius 2 is 1.64 bits per heavy atom. The van der Waals surface area contributed by atoms with Crippen molar-refractivity contribution in [3.63, 3.8) is 0 Å². The molecular formula is C27H36FN3O4S. The zero-order valence-corrected chi connectivity index (χ0v) is 22.1. The Balaban J connectivity index is 1.89. The lowest BCUT2D eigenvalue weighted by atomic mass is 9.95. The van der Waals surface area contributed by atoms with E-state index < -0.39 is 34.3 Å². The molecule has 0 radical (unpaired) electrons. The number of rotatable bonds is 10. The minimum Gasteiger partial charge on any atom is -0.352 e. The quantitative estimate of drug-likeness (QED) is 0.513. The molecule has 1 aliphatic carbocycles. The predicted molar refractivity (Wildman–Crippen MR) is 139 cm³/mol. The van der Waals surface area contributed by atoms with Crippen LogP contribution in [0.1, 0.15) is 56.6 Å². The molecule has 196 valence electrons. The molecule has 1 N–H and O–H groups in total. The summed E-state index contributed by atoms with van der Waals surface area (Å²) in [5, 5.41) is 3.10. The Labute approximate surface area is 213 Å². The smallest absolute Gasteiger partial charge is 0.244 e. The van der Waals surface area contributed by atoms with Gasteiger partial charge in [-0.15, -0.1) is 0 Å². The van der Waals surface area contributed by atoms with E-state index in [0.717, 1.165) is 48.2 Å². The Morgan fingerprint density at radius 3 is 2.19 bits per heavy atom. The van der Waals surface area contributed by atoms with Gasteiger partial charge in [0.2, 0.25) is 21.8 Å². The largest absolute Gasteiger partial charge is 0.352 e. The molecule has 1 fully saturated rings. The van der Waals surface area contributed by atoms with Crippen molar-refractivity contribution < 1.29 is 22.4 Å². The number of halogens is 1. The first-order chi connectivity index (χ1) is 17.1. The lowest BCUT2D eigenvalue weighted by Gasteiger charge is -2.34. The molecule has 0 aromatic heterocycles. The maximum atomic E-state index is 13.7. The van der Waals surface area contributed by atoms with Gasteiger partial charge in [0.1, 0.15) is 18.4 Å². The van der Waals surface area contributed by atoms with E-state index >= 15 is 0 Å². The number of benzene rings is 2. The molecule has 2 aromatic carbocycles. The van der Waals surface area contributed by atoms with E-state index in [0.29, 0.717) is 17.7 Å². The van der Waals surface area contributed by atoms with Gasteiger partial charge in [0.25, 0.3) is 0 Å². The van der Waals surface area contributed by atoms with E-state index in [-0.39, 0.29) is 18.5 Å². The van der Waals surface area contributed by atoms with Crippen LogP contribution in [0.3, 0.4) is 0 Å². The highest BCUT2D eigenvalue weighted by atomic mass is 32.2. The molecule has 1 atom stereocenters. The van der Waals surface area contributed by atoms with E-state index in [1.807, 2.05) is 13.8 Å². The van der Waals surface area contributed by atoms with Crippen molar-refractivity contribution in [3.05, 3.63) is 65.5 Å². The third kappa shape index (κ3) is 7.53. The fourth-order valence-electron chi connectivity index (χ4n) is 4.58. The maximum absolute atomic E-state index is 13.7. The second kappa shape index (κ2) is 12.3. The number of nitrogens with zero attached hydrogens (tertiary/aromatic N) is 2. The third-order valence-corrected chi connectivity index (χ3v) is 7.75. The summed E-state index contributed by atoms with van der Waals surface area (Å²) in [7, 11) is -3.78. The second-order valence-electron chi connectivity index (χ2n) is 9.52. The van der Waals surface area contributed by atoms with Crippen LogP contribution in [0.15, 0.2) is 48.5 Å². The number of nitrogens with one attached hydrogen (secondary N) is 1. The summed E-state index contributed by atoms with van der Waals surface area (Å²) in [6.45, 7) is 3.32. The molecule has 0 unspecified atom stereocenters. The summed E-state index contributed by atoms with van der Waals surface area (Å²) in [5.41, 5.74) is 1.98. The minimum atomic E-state index is -3.78. The van der Waals surface area contributed by atoms with Gasteiger partial charge in [0.15, 0.2) is 0 Å². The molecule has 7 nitrogen and oxygen atoms in total. The summed E-state index contributed by atoms with van der Waals surface area (Å²) in [5.74, 6) is -1.15. The molecule has 0 spiro atoms. The molecule has 36 heavy (non-hydrogen) atoms. The number of aryl methyl sites for hydroxylation is 1. The molecule has 2 aromatic rings. The monoisotopic (exact) mass is 517 g/mol. The van der Waals surface area contributed by atoms with Gasteiger partial charge in [-0.25, -0.2) is 12.8 Å². The van der Waals surface area contributed by atoms with Crippen molar-refractivity contribution in [1.82, 2.24) is 10.2 Å². The molecule has 0 aliphatic heterocycles. The first-order valence-electron chi connectivity index (χ1n) is 12.5. The van der Waals surface area contributed by atoms with Crippen molar-refractivity contribution in [2.75, 3.05) is 17.1 Å². The zero-order chi connectivity index (χ0) is 26.3. The molecule has 3 rings (SSSR count). The molecule has 9 heteroatoms. The summed E-state index contributed by atoms with van der Waals surface area (Å²) in [6, 6.07) is 11.9. The van der Waals surface area contributed by atoms with Crippen LogP contribution in [0, 0.1) is 12.7 Å². The molecule has 1 aliphatic rings. The number of sulfonamides is 1. The molecule has 0 saturated heterocycles. The van der Waals surface area contributed by atoms with Crippen molar-refractivity contribution in [2.45, 2.75) is 71.0 Å². The molecule has 0 heterocycles. The van der Waals surface area contributed by atoms with Gasteiger partial charge in [-0.3, -0.25) is 13.9 Å². The van der Waals surface area contributed by atoms with Gasteiger partial charge in [-0.2, -0.15) is 0 Å². The standard InChI is InChI=1S/C27H36FN3O4S/c1-4-25(27(33)29-23-8-6-5-7-9-23)30(18-21-12-14-22(28)15-13-21)26(32)19-31(36(3,34)35)24-16-10-20(2)11-17-24/h10-17,23,25H,4-9,18-19H2,1-3H3,(H,29,33)/t25-/m0/s1. The predicted octanol–water partition coefficient (Wildman–Crippen LogP) is 4.16. The van der Waals surface area contributed by atoms with Crippen molar-refractivity contribution in [1.29, 1.82) is 0 Å². The van der Waals surface area contributed by atoms with E-state index in [1.165, 1.54) is 17.0 Å². The van der Waals surface area contributed by atoms with Crippen LogP contribution in [0.4, 0.5) is 10.1 Å². The van der Waals surface area contributed by atoms with E-state index in [4.69, 9.17) is 0 Å². The van der Waals surface area contributed by atoms with Crippen molar-refractivity contribution in [3.8, 4) is 0 Å². The number of hydrogen-bond acceptors (Lipinski definition) is 4. The number of carbonyl (C=O) groups is 2. The van der Waals surface area contributed by atoms with Gasteiger partial charge in [-0.05, 0) is 56.0 Å². The highest BCUT2D eigenvalue weighted by Gasteiger charge is 2.32. The minimum absolute atomic E-state index is 0.0568. The summed E-state index contributed by atoms with van der Waals surface area (Å²) < 4.78 is 39.8. The summed E-state index contributed by atoms with van der Waals surface area (Å²) in [6.07, 6.45) is 6.48. The second-order valence-corrected chi connectivity index (χ2v) is 11.4. The number of carbonyl (C=O) groups excluding carboxylic acids is 2. The number of amides is 2. The number of hydrogen-bond donors (Lipinski definition) is 1. The van der Waals surface area contributed by atoms with Crippen molar-refractivity contribution >= 4 is 27.5 Å². The van der Waals surface area contributed by atoms with Crippen LogP contribution in [-0.4, -0.2) is 50.0 Å². The van der Waals surface area contributed by atoms with E-state index in [2.05, 4.69) is 5.32 Å². The van der Waals surface area contributed by atoms with Crippen LogP contribution in [0.2, 0.25) is 0 Å². The first kappa shape index (κ1) is 27.6. The fraction of sp³-hybridized carbons (Fsp3) is 0.481. The average molecular weight is 518 g/mol. The van der Waals surface area contributed by atoms with Crippen LogP contribution in [0.5, 0.6) is 0 Å². The van der Waals surface area contributed by atoms with E-state index in [9.17, 15) is 22.4 Å². The molecule has 1 saturated carbocycles. The molecule has 2 amide bonds. The van der Waals surface area contributed by atoms with Gasteiger partial charge in [0, 0.05) is 12.6 Å². The first-order valence-corrected chi connectivity index (χ1v) is 14.3. The zero-order valence-electron chi connectivity index (χ0n) is 21.2. The van der Waals surface area contributed by atoms with Crippen LogP contribution in [-0.2, 0) is 26.2 Å². The average Bonchev–Trinajstić information content (AvgIpc) is 2.84. The van der Waals surface area contributed by atoms with Crippen LogP contribution in [0.25, 0.3) is 0 Å². The topological polar surface area (TPSA) is 86.8 Å². The molecule has 0 bridgehead atoms. The van der Waals surface area contributed by atoms with Crippen LogP contribution >= 0.6 is 0 Å². The number of anilines is 1. The van der Waals surface area contributed by atoms with Gasteiger partial charge < -0.3 is 10.2 Å². The van der Waals surface area contributed by atoms with Gasteiger partial charge in [-0.1, -0.05) is 56.0 Å². The normalized spacial score (nSPS) is 15.2. The third-order valence-electron chi connectivity index (χ3n) is 6.60. The fourth-order valence-corrected chi connectivity index (χ4v) is 5.42. The van der Waals surface area contributed by atoms with Gasteiger partial charge >= 0.3 is 0 Å². The highest BCUT2D eigenvalue weighted by Crippen LogP contribution is 2.22. The summed E-state index contributed by atoms with van der Waals surface area (Å²) >= 11 is 0. The lowest BCUT2D eigenvalue weighted by Crippen LogP contribution is -2.53. The Kier molecular flexibility index (Phi) is 9.48. The Hall–Kier alpha value is -2.94. The highest BCUT2D eigenvalue weighted by molar-refractivity contribution is 7.92. The van der Waals surface area contributed by atoms with E-state index in [1.54, 1.807) is 36.4 Å². The lowest BCUT2D eigenvalue weighted by molar-refractivity contribution is -0.140. The SMILES string of the molecule is CC[C@@H](C(=O)NC1CCCCC1)N(Cc1ccc(F)cc1)C(=O)CN(c1ccc(C)cc1)S(C)(=O)=O. The Bertz CT molecular complexity index is 1130. The Morgan fingerprint density at radius 1 is 1.03 bits per heavy atom. The van der Waals surface area contributed by atoms with Crippen molar-refractivity contribution in [2.24, 2.45) is 0 Å². The maximum Gasteiger partial charge on any atom is 0.244 e. The van der Waals surface area contributed by atoms with Gasteiger partial charge in [0.05, 0.1) is 11.9 Å². The summed E-state index contributed by atoms with van der Waals surface area (Å²) in [4.78, 5) is 28.4. The van der Waals surface area contributed by atoms with Crippen LogP contribution < -0.4 is 9.62 Å². The molecular weight excluding hydrogens is 481 g/mol.